The molecule has 0 aliphatic rings. The fourth-order valence-electron chi connectivity index (χ4n) is 2.87. The van der Waals surface area contributed by atoms with Crippen LogP contribution in [0.25, 0.3) is 11.0 Å². The van der Waals surface area contributed by atoms with Gasteiger partial charge in [0.15, 0.2) is 6.23 Å². The highest BCUT2D eigenvalue weighted by atomic mass is 16.7. The molecule has 0 spiro atoms. The number of nitrogens with one attached hydrogen (secondary N) is 2. The standard InChI is InChI=1S/C19H23N5O4/c1-13(24-8-7-14-9-15(26)10-20-18(14)24)28-22-19(2,3)11-23(12-25)16-5-4-6-17(27)21-16/h4-10,12-13,22,26H,11H2,1-3H3,(H,21,27). The first-order valence-electron chi connectivity index (χ1n) is 8.79. The van der Waals surface area contributed by atoms with E-state index in [-0.39, 0.29) is 17.9 Å². The van der Waals surface area contributed by atoms with Crippen LogP contribution < -0.4 is 15.9 Å². The Bertz CT molecular complexity index is 1030. The number of pyridine rings is 2. The van der Waals surface area contributed by atoms with Crippen LogP contribution in [0.2, 0.25) is 0 Å². The lowest BCUT2D eigenvalue weighted by atomic mass is 10.1. The number of amides is 1. The number of fused-ring (bicyclic) bond motifs is 1. The Morgan fingerprint density at radius 2 is 2.21 bits per heavy atom. The highest BCUT2D eigenvalue weighted by molar-refractivity contribution is 5.77. The zero-order valence-electron chi connectivity index (χ0n) is 15.9. The first-order chi connectivity index (χ1) is 13.3. The Morgan fingerprint density at radius 3 is 2.93 bits per heavy atom. The van der Waals surface area contributed by atoms with E-state index in [4.69, 9.17) is 4.84 Å². The molecule has 3 heterocycles. The van der Waals surface area contributed by atoms with Gasteiger partial charge in [-0.1, -0.05) is 6.07 Å². The van der Waals surface area contributed by atoms with Gasteiger partial charge in [-0.25, -0.2) is 4.98 Å². The zero-order valence-corrected chi connectivity index (χ0v) is 15.9. The molecular formula is C19H23N5O4. The third-order valence-electron chi connectivity index (χ3n) is 4.19. The van der Waals surface area contributed by atoms with Crippen LogP contribution in [0.1, 0.15) is 27.0 Å². The van der Waals surface area contributed by atoms with E-state index in [1.165, 1.54) is 17.2 Å². The summed E-state index contributed by atoms with van der Waals surface area (Å²) in [4.78, 5) is 37.0. The molecule has 9 heteroatoms. The second-order valence-electron chi connectivity index (χ2n) is 7.17. The average Bonchev–Trinajstić information content (AvgIpc) is 3.07. The smallest absolute Gasteiger partial charge is 0.249 e. The summed E-state index contributed by atoms with van der Waals surface area (Å²) in [7, 11) is 0. The molecule has 3 aromatic heterocycles. The van der Waals surface area contributed by atoms with Crippen LogP contribution in [-0.4, -0.2) is 38.1 Å². The van der Waals surface area contributed by atoms with Crippen molar-refractivity contribution in [3.63, 3.8) is 0 Å². The summed E-state index contributed by atoms with van der Waals surface area (Å²) in [5, 5.41) is 10.3. The molecule has 28 heavy (non-hydrogen) atoms. The fourth-order valence-corrected chi connectivity index (χ4v) is 2.87. The fraction of sp³-hybridized carbons (Fsp3) is 0.316. The predicted octanol–water partition coefficient (Wildman–Crippen LogP) is 1.91. The molecule has 0 bridgehead atoms. The van der Waals surface area contributed by atoms with Crippen molar-refractivity contribution in [3.05, 3.63) is 53.1 Å². The van der Waals surface area contributed by atoms with E-state index in [0.29, 0.717) is 17.9 Å². The van der Waals surface area contributed by atoms with Gasteiger partial charge in [-0.15, -0.1) is 0 Å². The number of hydrogen-bond acceptors (Lipinski definition) is 6. The summed E-state index contributed by atoms with van der Waals surface area (Å²) in [6.45, 7) is 5.87. The summed E-state index contributed by atoms with van der Waals surface area (Å²) in [6, 6.07) is 8.10. The van der Waals surface area contributed by atoms with E-state index >= 15 is 0 Å². The van der Waals surface area contributed by atoms with Gasteiger partial charge in [0.2, 0.25) is 12.0 Å². The first kappa shape index (κ1) is 19.6. The molecule has 0 saturated carbocycles. The van der Waals surface area contributed by atoms with Gasteiger partial charge in [0, 0.05) is 24.2 Å². The van der Waals surface area contributed by atoms with Crippen molar-refractivity contribution in [1.82, 2.24) is 20.0 Å². The largest absolute Gasteiger partial charge is 0.506 e. The van der Waals surface area contributed by atoms with Gasteiger partial charge in [0.1, 0.15) is 17.2 Å². The molecule has 3 N–H and O–H groups in total. The van der Waals surface area contributed by atoms with E-state index < -0.39 is 11.8 Å². The molecule has 3 rings (SSSR count). The Labute approximate surface area is 161 Å². The lowest BCUT2D eigenvalue weighted by molar-refractivity contribution is -0.109. The predicted molar refractivity (Wildman–Crippen MR) is 105 cm³/mol. The second kappa shape index (κ2) is 7.83. The number of carbonyl (C=O) groups excluding carboxylic acids is 1. The molecular weight excluding hydrogens is 362 g/mol. The van der Waals surface area contributed by atoms with Gasteiger partial charge < -0.3 is 14.7 Å². The lowest BCUT2D eigenvalue weighted by Crippen LogP contribution is -2.49. The van der Waals surface area contributed by atoms with Crippen molar-refractivity contribution < 1.29 is 14.7 Å². The highest BCUT2D eigenvalue weighted by Crippen LogP contribution is 2.22. The van der Waals surface area contributed by atoms with Crippen LogP contribution in [-0.2, 0) is 9.63 Å². The molecule has 0 fully saturated rings. The van der Waals surface area contributed by atoms with Crippen molar-refractivity contribution in [2.24, 2.45) is 0 Å². The van der Waals surface area contributed by atoms with E-state index in [1.54, 1.807) is 18.2 Å². The average molecular weight is 385 g/mol. The number of H-pyrrole nitrogens is 1. The molecule has 0 radical (unpaired) electrons. The van der Waals surface area contributed by atoms with Crippen LogP contribution in [0, 0.1) is 0 Å². The third-order valence-corrected chi connectivity index (χ3v) is 4.19. The number of hydroxylamine groups is 1. The molecule has 1 unspecified atom stereocenters. The highest BCUT2D eigenvalue weighted by Gasteiger charge is 2.24. The van der Waals surface area contributed by atoms with Crippen LogP contribution in [0.3, 0.4) is 0 Å². The number of aromatic nitrogens is 3. The summed E-state index contributed by atoms with van der Waals surface area (Å²) >= 11 is 0. The Kier molecular flexibility index (Phi) is 5.48. The van der Waals surface area contributed by atoms with Gasteiger partial charge in [-0.2, -0.15) is 5.48 Å². The van der Waals surface area contributed by atoms with Crippen molar-refractivity contribution in [1.29, 1.82) is 0 Å². The summed E-state index contributed by atoms with van der Waals surface area (Å²) in [5.74, 6) is 0.511. The maximum atomic E-state index is 11.5. The quantitative estimate of drug-likeness (QED) is 0.403. The molecule has 0 aliphatic carbocycles. The van der Waals surface area contributed by atoms with Gasteiger partial charge >= 0.3 is 0 Å². The van der Waals surface area contributed by atoms with Gasteiger partial charge in [0.25, 0.3) is 0 Å². The van der Waals surface area contributed by atoms with Crippen molar-refractivity contribution in [2.75, 3.05) is 11.4 Å². The van der Waals surface area contributed by atoms with Crippen LogP contribution in [0.4, 0.5) is 5.82 Å². The minimum atomic E-state index is -0.615. The number of nitrogens with zero attached hydrogens (tertiary/aromatic N) is 3. The Balaban J connectivity index is 1.67. The first-order valence-corrected chi connectivity index (χ1v) is 8.79. The van der Waals surface area contributed by atoms with Gasteiger partial charge in [-0.3, -0.25) is 19.3 Å². The molecule has 9 nitrogen and oxygen atoms in total. The molecule has 0 saturated heterocycles. The molecule has 3 aromatic rings. The maximum absolute atomic E-state index is 11.5. The van der Waals surface area contributed by atoms with E-state index in [9.17, 15) is 14.7 Å². The number of carbonyl (C=O) groups is 1. The third kappa shape index (κ3) is 4.38. The second-order valence-corrected chi connectivity index (χ2v) is 7.17. The van der Waals surface area contributed by atoms with Crippen LogP contribution in [0.5, 0.6) is 5.75 Å². The molecule has 0 aliphatic heterocycles. The van der Waals surface area contributed by atoms with Crippen LogP contribution >= 0.6 is 0 Å². The Morgan fingerprint density at radius 1 is 1.43 bits per heavy atom. The topological polar surface area (TPSA) is 112 Å². The normalized spacial score (nSPS) is 12.8. The van der Waals surface area contributed by atoms with E-state index in [1.807, 2.05) is 37.6 Å². The van der Waals surface area contributed by atoms with E-state index in [0.717, 1.165) is 5.39 Å². The zero-order chi connectivity index (χ0) is 20.3. The minimum absolute atomic E-state index is 0.103. The molecule has 1 atom stereocenters. The van der Waals surface area contributed by atoms with Crippen molar-refractivity contribution in [3.8, 4) is 5.75 Å². The van der Waals surface area contributed by atoms with E-state index in [2.05, 4.69) is 15.4 Å². The monoisotopic (exact) mass is 385 g/mol. The summed E-state index contributed by atoms with van der Waals surface area (Å²) < 4.78 is 1.82. The molecule has 148 valence electrons. The maximum Gasteiger partial charge on any atom is 0.249 e. The van der Waals surface area contributed by atoms with Gasteiger partial charge in [0.05, 0.1) is 11.7 Å². The van der Waals surface area contributed by atoms with Crippen molar-refractivity contribution in [2.45, 2.75) is 32.5 Å². The summed E-state index contributed by atoms with van der Waals surface area (Å²) in [6.07, 6.45) is 3.47. The summed E-state index contributed by atoms with van der Waals surface area (Å²) in [5.41, 5.74) is 2.77. The number of anilines is 1. The minimum Gasteiger partial charge on any atom is -0.506 e. The number of aromatic amines is 1. The van der Waals surface area contributed by atoms with Crippen LogP contribution in [0.15, 0.2) is 47.5 Å². The van der Waals surface area contributed by atoms with Gasteiger partial charge in [-0.05, 0) is 39.0 Å². The number of rotatable bonds is 8. The Hall–Kier alpha value is -3.17. The molecule has 1 amide bonds. The van der Waals surface area contributed by atoms with Crippen molar-refractivity contribution >= 4 is 23.3 Å². The number of aromatic hydroxyl groups is 1. The SMILES string of the molecule is CC(ONC(C)(C)CN(C=O)c1cccc(=O)[nH]1)n1ccc2cc(O)cnc21. The lowest BCUT2D eigenvalue weighted by Gasteiger charge is -2.32. The number of hydrogen-bond donors (Lipinski definition) is 3. The molecule has 0 aromatic carbocycles.